The number of amides is 2. The van der Waals surface area contributed by atoms with Gasteiger partial charge in [-0.15, -0.1) is 0 Å². The zero-order valence-corrected chi connectivity index (χ0v) is 13.7. The van der Waals surface area contributed by atoms with Gasteiger partial charge in [0.05, 0.1) is 11.2 Å². The quantitative estimate of drug-likeness (QED) is 0.773. The van der Waals surface area contributed by atoms with E-state index in [0.717, 1.165) is 41.9 Å². The molecule has 1 aliphatic rings. The fourth-order valence-electron chi connectivity index (χ4n) is 3.18. The van der Waals surface area contributed by atoms with Gasteiger partial charge in [0.2, 0.25) is 0 Å². The summed E-state index contributed by atoms with van der Waals surface area (Å²) in [6.07, 6.45) is 4.42. The number of carbonyl (C=O) groups excluding carboxylic acids is 1. The summed E-state index contributed by atoms with van der Waals surface area (Å²) in [5.74, 6) is 0.950. The van der Waals surface area contributed by atoms with Gasteiger partial charge in [0.25, 0.3) is 0 Å². The van der Waals surface area contributed by atoms with E-state index < -0.39 is 0 Å². The van der Waals surface area contributed by atoms with Crippen LogP contribution in [-0.2, 0) is 0 Å². The van der Waals surface area contributed by atoms with Crippen LogP contribution in [0.3, 0.4) is 0 Å². The van der Waals surface area contributed by atoms with Crippen LogP contribution < -0.4 is 15.5 Å². The van der Waals surface area contributed by atoms with Crippen molar-refractivity contribution in [3.63, 3.8) is 0 Å². The zero-order chi connectivity index (χ0) is 17.1. The molecule has 2 aromatic heterocycles. The molecule has 2 amide bonds. The summed E-state index contributed by atoms with van der Waals surface area (Å²) >= 11 is 0. The number of hydrogen-bond acceptors (Lipinski definition) is 4. The van der Waals surface area contributed by atoms with Gasteiger partial charge in [-0.3, -0.25) is 4.98 Å². The predicted octanol–water partition coefficient (Wildman–Crippen LogP) is 3.03. The number of fused-ring (bicyclic) bond motifs is 1. The Labute approximate surface area is 145 Å². The van der Waals surface area contributed by atoms with Crippen molar-refractivity contribution in [3.05, 3.63) is 60.9 Å². The molecule has 0 saturated carbocycles. The molecule has 2 N–H and O–H groups in total. The van der Waals surface area contributed by atoms with Crippen LogP contribution in [0.15, 0.2) is 60.9 Å². The van der Waals surface area contributed by atoms with Crippen molar-refractivity contribution in [2.75, 3.05) is 23.3 Å². The summed E-state index contributed by atoms with van der Waals surface area (Å²) < 4.78 is 0. The molecule has 4 rings (SSSR count). The van der Waals surface area contributed by atoms with E-state index in [1.54, 1.807) is 12.4 Å². The molecule has 1 aromatic carbocycles. The third-order valence-corrected chi connectivity index (χ3v) is 4.38. The van der Waals surface area contributed by atoms with Crippen LogP contribution in [-0.4, -0.2) is 35.1 Å². The number of benzene rings is 1. The molecule has 1 fully saturated rings. The van der Waals surface area contributed by atoms with Gasteiger partial charge in [0.1, 0.15) is 5.82 Å². The van der Waals surface area contributed by atoms with Crippen molar-refractivity contribution in [2.45, 2.75) is 12.5 Å². The first-order chi connectivity index (χ1) is 12.3. The highest BCUT2D eigenvalue weighted by Gasteiger charge is 2.24. The van der Waals surface area contributed by atoms with Crippen LogP contribution in [0.1, 0.15) is 6.42 Å². The molecule has 3 heterocycles. The zero-order valence-electron chi connectivity index (χ0n) is 13.7. The summed E-state index contributed by atoms with van der Waals surface area (Å²) in [5, 5.41) is 6.97. The number of aromatic nitrogens is 2. The molecule has 3 aromatic rings. The molecule has 126 valence electrons. The standard InChI is InChI=1S/C19H19N5O/c25-19(23-16-7-3-5-14-6-4-11-21-18(14)16)22-15-9-12-24(13-15)17-8-1-2-10-20-17/h1-8,10-11,15H,9,12-13H2,(H2,22,23,25). The van der Waals surface area contributed by atoms with Gasteiger partial charge >= 0.3 is 6.03 Å². The smallest absolute Gasteiger partial charge is 0.319 e. The number of carbonyl (C=O) groups is 1. The third-order valence-electron chi connectivity index (χ3n) is 4.38. The van der Waals surface area contributed by atoms with Crippen LogP contribution >= 0.6 is 0 Å². The van der Waals surface area contributed by atoms with E-state index >= 15 is 0 Å². The van der Waals surface area contributed by atoms with Crippen molar-refractivity contribution in [2.24, 2.45) is 0 Å². The highest BCUT2D eigenvalue weighted by Crippen LogP contribution is 2.21. The van der Waals surface area contributed by atoms with Crippen LogP contribution in [0.5, 0.6) is 0 Å². The summed E-state index contributed by atoms with van der Waals surface area (Å²) in [4.78, 5) is 23.3. The lowest BCUT2D eigenvalue weighted by Crippen LogP contribution is -2.39. The number of nitrogens with one attached hydrogen (secondary N) is 2. The highest BCUT2D eigenvalue weighted by molar-refractivity contribution is 5.99. The Hall–Kier alpha value is -3.15. The summed E-state index contributed by atoms with van der Waals surface area (Å²) in [6.45, 7) is 1.65. The van der Waals surface area contributed by atoms with E-state index in [1.165, 1.54) is 0 Å². The minimum atomic E-state index is -0.203. The van der Waals surface area contributed by atoms with E-state index in [9.17, 15) is 4.79 Å². The average molecular weight is 333 g/mol. The fraction of sp³-hybridized carbons (Fsp3) is 0.211. The molecule has 0 aliphatic carbocycles. The molecule has 1 unspecified atom stereocenters. The summed E-state index contributed by atoms with van der Waals surface area (Å²) in [6, 6.07) is 15.4. The SMILES string of the molecule is O=C(Nc1cccc2cccnc12)NC1CCN(c2ccccn2)C1. The third kappa shape index (κ3) is 3.38. The lowest BCUT2D eigenvalue weighted by Gasteiger charge is -2.18. The molecule has 6 nitrogen and oxygen atoms in total. The normalized spacial score (nSPS) is 16.8. The van der Waals surface area contributed by atoms with Crippen molar-refractivity contribution in [1.82, 2.24) is 15.3 Å². The van der Waals surface area contributed by atoms with Gasteiger partial charge in [0, 0.05) is 36.9 Å². The van der Waals surface area contributed by atoms with Gasteiger partial charge in [-0.25, -0.2) is 9.78 Å². The van der Waals surface area contributed by atoms with Crippen molar-refractivity contribution >= 4 is 28.4 Å². The number of nitrogens with zero attached hydrogens (tertiary/aromatic N) is 3. The number of rotatable bonds is 3. The van der Waals surface area contributed by atoms with E-state index in [1.807, 2.05) is 48.5 Å². The van der Waals surface area contributed by atoms with Gasteiger partial charge in [0.15, 0.2) is 0 Å². The summed E-state index contributed by atoms with van der Waals surface area (Å²) in [7, 11) is 0. The Morgan fingerprint density at radius 2 is 1.92 bits per heavy atom. The Bertz CT molecular complexity index is 878. The molecule has 6 heteroatoms. The molecule has 1 aliphatic heterocycles. The number of para-hydroxylation sites is 1. The molecule has 1 atom stereocenters. The summed E-state index contributed by atoms with van der Waals surface area (Å²) in [5.41, 5.74) is 1.51. The van der Waals surface area contributed by atoms with Crippen LogP contribution in [0.2, 0.25) is 0 Å². The van der Waals surface area contributed by atoms with E-state index in [2.05, 4.69) is 25.5 Å². The molecule has 0 bridgehead atoms. The lowest BCUT2D eigenvalue weighted by molar-refractivity contribution is 0.249. The Morgan fingerprint density at radius 3 is 2.80 bits per heavy atom. The lowest BCUT2D eigenvalue weighted by atomic mass is 10.2. The van der Waals surface area contributed by atoms with E-state index in [0.29, 0.717) is 0 Å². The first-order valence-electron chi connectivity index (χ1n) is 8.37. The molecule has 25 heavy (non-hydrogen) atoms. The largest absolute Gasteiger partial charge is 0.354 e. The average Bonchev–Trinajstić information content (AvgIpc) is 3.11. The number of hydrogen-bond donors (Lipinski definition) is 2. The van der Waals surface area contributed by atoms with E-state index in [4.69, 9.17) is 0 Å². The first-order valence-corrected chi connectivity index (χ1v) is 8.37. The molecule has 1 saturated heterocycles. The highest BCUT2D eigenvalue weighted by atomic mass is 16.2. The Morgan fingerprint density at radius 1 is 1.04 bits per heavy atom. The Balaban J connectivity index is 1.39. The molecule has 0 radical (unpaired) electrons. The van der Waals surface area contributed by atoms with Crippen LogP contribution in [0.4, 0.5) is 16.3 Å². The van der Waals surface area contributed by atoms with Gasteiger partial charge in [-0.05, 0) is 30.7 Å². The van der Waals surface area contributed by atoms with Crippen LogP contribution in [0.25, 0.3) is 10.9 Å². The molecular formula is C19H19N5O. The van der Waals surface area contributed by atoms with Gasteiger partial charge in [-0.2, -0.15) is 0 Å². The number of urea groups is 1. The second-order valence-electron chi connectivity index (χ2n) is 6.10. The van der Waals surface area contributed by atoms with Crippen molar-refractivity contribution in [3.8, 4) is 0 Å². The Kier molecular flexibility index (Phi) is 4.16. The second-order valence-corrected chi connectivity index (χ2v) is 6.10. The van der Waals surface area contributed by atoms with Crippen molar-refractivity contribution in [1.29, 1.82) is 0 Å². The number of anilines is 2. The fourth-order valence-corrected chi connectivity index (χ4v) is 3.18. The van der Waals surface area contributed by atoms with Gasteiger partial charge < -0.3 is 15.5 Å². The van der Waals surface area contributed by atoms with Crippen LogP contribution in [0, 0.1) is 0 Å². The van der Waals surface area contributed by atoms with Gasteiger partial charge in [-0.1, -0.05) is 24.3 Å². The number of pyridine rings is 2. The maximum absolute atomic E-state index is 12.4. The molecular weight excluding hydrogens is 314 g/mol. The predicted molar refractivity (Wildman–Crippen MR) is 98.8 cm³/mol. The minimum absolute atomic E-state index is 0.102. The maximum atomic E-state index is 12.4. The second kappa shape index (κ2) is 6.76. The van der Waals surface area contributed by atoms with E-state index in [-0.39, 0.29) is 12.1 Å². The monoisotopic (exact) mass is 333 g/mol. The first kappa shape index (κ1) is 15.4. The van der Waals surface area contributed by atoms with Crippen molar-refractivity contribution < 1.29 is 4.79 Å². The maximum Gasteiger partial charge on any atom is 0.319 e. The minimum Gasteiger partial charge on any atom is -0.354 e. The topological polar surface area (TPSA) is 70.2 Å². The molecule has 0 spiro atoms.